The number of carbonyl (C=O) groups is 2. The Morgan fingerprint density at radius 2 is 2.20 bits per heavy atom. The molecule has 20 heavy (non-hydrogen) atoms. The van der Waals surface area contributed by atoms with E-state index in [9.17, 15) is 9.59 Å². The van der Waals surface area contributed by atoms with Crippen LogP contribution in [0.2, 0.25) is 0 Å². The zero-order chi connectivity index (χ0) is 14.7. The zero-order valence-corrected chi connectivity index (χ0v) is 12.8. The SMILES string of the molecule is CNC(=O)C1CN(C(C)C)CCN1C(=O)c1cscn1. The van der Waals surface area contributed by atoms with E-state index in [1.165, 1.54) is 11.3 Å². The van der Waals surface area contributed by atoms with Crippen molar-refractivity contribution in [2.45, 2.75) is 25.9 Å². The lowest BCUT2D eigenvalue weighted by molar-refractivity contribution is -0.127. The standard InChI is InChI=1S/C13H20N4O2S/c1-9(2)16-4-5-17(11(6-16)12(18)14-3)13(19)10-7-20-8-15-10/h7-9,11H,4-6H2,1-3H3,(H,14,18). The first-order valence-electron chi connectivity index (χ1n) is 6.69. The number of nitrogens with one attached hydrogen (secondary N) is 1. The van der Waals surface area contributed by atoms with Crippen molar-refractivity contribution in [1.82, 2.24) is 20.1 Å². The average molecular weight is 296 g/mol. The fourth-order valence-electron chi connectivity index (χ4n) is 2.37. The molecule has 0 aromatic carbocycles. The molecule has 6 nitrogen and oxygen atoms in total. The second kappa shape index (κ2) is 6.32. The van der Waals surface area contributed by atoms with Gasteiger partial charge in [-0.05, 0) is 13.8 Å². The summed E-state index contributed by atoms with van der Waals surface area (Å²) < 4.78 is 0. The van der Waals surface area contributed by atoms with Gasteiger partial charge in [-0.25, -0.2) is 4.98 Å². The molecule has 0 radical (unpaired) electrons. The predicted octanol–water partition coefficient (Wildman–Crippen LogP) is 0.424. The molecule has 1 aromatic rings. The lowest BCUT2D eigenvalue weighted by Crippen LogP contribution is -2.61. The Kier molecular flexibility index (Phi) is 4.72. The first kappa shape index (κ1) is 14.9. The van der Waals surface area contributed by atoms with Crippen LogP contribution in [0.5, 0.6) is 0 Å². The molecule has 0 saturated carbocycles. The molecule has 1 saturated heterocycles. The molecule has 1 aromatic heterocycles. The highest BCUT2D eigenvalue weighted by atomic mass is 32.1. The lowest BCUT2D eigenvalue weighted by atomic mass is 10.1. The molecule has 1 unspecified atom stereocenters. The van der Waals surface area contributed by atoms with Gasteiger partial charge in [-0.3, -0.25) is 14.5 Å². The molecule has 1 atom stereocenters. The molecule has 0 bridgehead atoms. The van der Waals surface area contributed by atoms with E-state index in [0.717, 1.165) is 6.54 Å². The number of nitrogens with zero attached hydrogens (tertiary/aromatic N) is 3. The fraction of sp³-hybridized carbons (Fsp3) is 0.615. The Labute approximate surface area is 122 Å². The number of amides is 2. The third kappa shape index (κ3) is 2.99. The van der Waals surface area contributed by atoms with Crippen LogP contribution >= 0.6 is 11.3 Å². The third-order valence-electron chi connectivity index (χ3n) is 3.60. The zero-order valence-electron chi connectivity index (χ0n) is 12.0. The minimum absolute atomic E-state index is 0.126. The van der Waals surface area contributed by atoms with Crippen LogP contribution in [-0.2, 0) is 4.79 Å². The summed E-state index contributed by atoms with van der Waals surface area (Å²) in [6, 6.07) is -0.0935. The van der Waals surface area contributed by atoms with Gasteiger partial charge in [0.25, 0.3) is 5.91 Å². The van der Waals surface area contributed by atoms with Crippen molar-refractivity contribution in [3.8, 4) is 0 Å². The molecule has 1 aliphatic rings. The van der Waals surface area contributed by atoms with E-state index < -0.39 is 6.04 Å². The van der Waals surface area contributed by atoms with Crippen LogP contribution in [0.1, 0.15) is 24.3 Å². The highest BCUT2D eigenvalue weighted by Crippen LogP contribution is 2.16. The van der Waals surface area contributed by atoms with Crippen LogP contribution in [0.15, 0.2) is 10.9 Å². The normalized spacial score (nSPS) is 20.2. The highest BCUT2D eigenvalue weighted by Gasteiger charge is 2.36. The number of piperazine rings is 1. The maximum Gasteiger partial charge on any atom is 0.274 e. The van der Waals surface area contributed by atoms with E-state index in [1.807, 2.05) is 0 Å². The fourth-order valence-corrected chi connectivity index (χ4v) is 2.90. The number of thiazole rings is 1. The van der Waals surface area contributed by atoms with Crippen molar-refractivity contribution in [1.29, 1.82) is 0 Å². The minimum Gasteiger partial charge on any atom is -0.357 e. The Morgan fingerprint density at radius 3 is 2.75 bits per heavy atom. The Morgan fingerprint density at radius 1 is 1.45 bits per heavy atom. The maximum atomic E-state index is 12.4. The van der Waals surface area contributed by atoms with Gasteiger partial charge in [-0.2, -0.15) is 0 Å². The van der Waals surface area contributed by atoms with Crippen LogP contribution < -0.4 is 5.32 Å². The monoisotopic (exact) mass is 296 g/mol. The molecule has 0 aliphatic carbocycles. The summed E-state index contributed by atoms with van der Waals surface area (Å²) in [6.07, 6.45) is 0. The van der Waals surface area contributed by atoms with Gasteiger partial charge in [0, 0.05) is 38.1 Å². The summed E-state index contributed by atoms with van der Waals surface area (Å²) in [5, 5.41) is 4.37. The first-order valence-corrected chi connectivity index (χ1v) is 7.63. The summed E-state index contributed by atoms with van der Waals surface area (Å²) >= 11 is 1.38. The largest absolute Gasteiger partial charge is 0.357 e. The number of carbonyl (C=O) groups excluding carboxylic acids is 2. The molecule has 2 heterocycles. The maximum absolute atomic E-state index is 12.4. The van der Waals surface area contributed by atoms with E-state index in [-0.39, 0.29) is 11.8 Å². The number of rotatable bonds is 3. The van der Waals surface area contributed by atoms with Gasteiger partial charge in [-0.15, -0.1) is 11.3 Å². The van der Waals surface area contributed by atoms with Gasteiger partial charge in [0.2, 0.25) is 5.91 Å². The second-order valence-corrected chi connectivity index (χ2v) is 5.81. The Balaban J connectivity index is 2.18. The van der Waals surface area contributed by atoms with Gasteiger partial charge in [0.15, 0.2) is 0 Å². The number of aromatic nitrogens is 1. The highest BCUT2D eigenvalue weighted by molar-refractivity contribution is 7.07. The second-order valence-electron chi connectivity index (χ2n) is 5.09. The number of hydrogen-bond acceptors (Lipinski definition) is 5. The molecule has 1 aliphatic heterocycles. The van der Waals surface area contributed by atoms with E-state index in [1.54, 1.807) is 22.8 Å². The van der Waals surface area contributed by atoms with Crippen molar-refractivity contribution < 1.29 is 9.59 Å². The van der Waals surface area contributed by atoms with E-state index in [2.05, 4.69) is 29.0 Å². The summed E-state index contributed by atoms with van der Waals surface area (Å²) in [7, 11) is 1.60. The molecule has 2 amide bonds. The van der Waals surface area contributed by atoms with Gasteiger partial charge in [-0.1, -0.05) is 0 Å². The average Bonchev–Trinajstić information content (AvgIpc) is 2.99. The van der Waals surface area contributed by atoms with Gasteiger partial charge < -0.3 is 10.2 Å². The molecule has 110 valence electrons. The van der Waals surface area contributed by atoms with Crippen LogP contribution in [0, 0.1) is 0 Å². The summed E-state index contributed by atoms with van der Waals surface area (Å²) in [4.78, 5) is 32.4. The molecule has 1 fully saturated rings. The molecule has 7 heteroatoms. The van der Waals surface area contributed by atoms with Crippen molar-refractivity contribution >= 4 is 23.2 Å². The van der Waals surface area contributed by atoms with Crippen molar-refractivity contribution in [2.75, 3.05) is 26.7 Å². The van der Waals surface area contributed by atoms with Crippen LogP contribution in [0.25, 0.3) is 0 Å². The number of hydrogen-bond donors (Lipinski definition) is 1. The van der Waals surface area contributed by atoms with Crippen LogP contribution in [0.3, 0.4) is 0 Å². The molecule has 2 rings (SSSR count). The molecular formula is C13H20N4O2S. The quantitative estimate of drug-likeness (QED) is 0.878. The van der Waals surface area contributed by atoms with Gasteiger partial charge in [0.05, 0.1) is 5.51 Å². The lowest BCUT2D eigenvalue weighted by Gasteiger charge is -2.41. The summed E-state index contributed by atoms with van der Waals surface area (Å²) in [5.74, 6) is -0.290. The summed E-state index contributed by atoms with van der Waals surface area (Å²) in [5.41, 5.74) is 2.05. The van der Waals surface area contributed by atoms with Crippen LogP contribution in [-0.4, -0.2) is 65.4 Å². The van der Waals surface area contributed by atoms with Crippen LogP contribution in [0.4, 0.5) is 0 Å². The van der Waals surface area contributed by atoms with E-state index >= 15 is 0 Å². The Bertz CT molecular complexity index is 475. The van der Waals surface area contributed by atoms with Gasteiger partial charge >= 0.3 is 0 Å². The smallest absolute Gasteiger partial charge is 0.274 e. The van der Waals surface area contributed by atoms with E-state index in [4.69, 9.17) is 0 Å². The molecular weight excluding hydrogens is 276 g/mol. The van der Waals surface area contributed by atoms with Crippen molar-refractivity contribution in [3.63, 3.8) is 0 Å². The Hall–Kier alpha value is -1.47. The first-order chi connectivity index (χ1) is 9.54. The van der Waals surface area contributed by atoms with Crippen molar-refractivity contribution in [2.24, 2.45) is 0 Å². The predicted molar refractivity (Wildman–Crippen MR) is 77.7 cm³/mol. The topological polar surface area (TPSA) is 65.5 Å². The van der Waals surface area contributed by atoms with E-state index in [0.29, 0.717) is 24.8 Å². The minimum atomic E-state index is -0.453. The molecule has 1 N–H and O–H groups in total. The molecule has 0 spiro atoms. The number of likely N-dealkylation sites (N-methyl/N-ethyl adjacent to an activating group) is 1. The van der Waals surface area contributed by atoms with Gasteiger partial charge in [0.1, 0.15) is 11.7 Å². The third-order valence-corrected chi connectivity index (χ3v) is 4.19. The summed E-state index contributed by atoms with van der Waals surface area (Å²) in [6.45, 7) is 6.08. The van der Waals surface area contributed by atoms with Crippen molar-refractivity contribution in [3.05, 3.63) is 16.6 Å².